The lowest BCUT2D eigenvalue weighted by atomic mass is 10.2. The Labute approximate surface area is 109 Å². The highest BCUT2D eigenvalue weighted by molar-refractivity contribution is 5.91. The number of rotatable bonds is 4. The molecule has 2 aromatic heterocycles. The van der Waals surface area contributed by atoms with Gasteiger partial charge in [0.2, 0.25) is 5.88 Å². The Kier molecular flexibility index (Phi) is 3.87. The first-order valence-corrected chi connectivity index (χ1v) is 5.53. The highest BCUT2D eigenvalue weighted by Crippen LogP contribution is 2.08. The van der Waals surface area contributed by atoms with Crippen molar-refractivity contribution in [2.75, 3.05) is 12.8 Å². The highest BCUT2D eigenvalue weighted by Gasteiger charge is 2.07. The monoisotopic (exact) mass is 259 g/mol. The number of amides is 1. The van der Waals surface area contributed by atoms with Crippen molar-refractivity contribution in [2.45, 2.75) is 6.54 Å². The average molecular weight is 259 g/mol. The van der Waals surface area contributed by atoms with Gasteiger partial charge in [0.15, 0.2) is 0 Å². The Morgan fingerprint density at radius 1 is 1.37 bits per heavy atom. The molecule has 19 heavy (non-hydrogen) atoms. The van der Waals surface area contributed by atoms with Gasteiger partial charge in [-0.2, -0.15) is 0 Å². The largest absolute Gasteiger partial charge is 0.481 e. The predicted molar refractivity (Wildman–Crippen MR) is 68.4 cm³/mol. The third-order valence-corrected chi connectivity index (χ3v) is 2.37. The lowest BCUT2D eigenvalue weighted by molar-refractivity contribution is 0.0945. The van der Waals surface area contributed by atoms with Gasteiger partial charge >= 0.3 is 0 Å². The fourth-order valence-electron chi connectivity index (χ4n) is 1.40. The van der Waals surface area contributed by atoms with E-state index in [2.05, 4.69) is 20.3 Å². The molecule has 0 atom stereocenters. The number of anilines is 1. The van der Waals surface area contributed by atoms with Crippen LogP contribution in [0, 0.1) is 0 Å². The van der Waals surface area contributed by atoms with Crippen LogP contribution in [0.2, 0.25) is 0 Å². The summed E-state index contributed by atoms with van der Waals surface area (Å²) < 4.78 is 5.00. The molecule has 0 unspecified atom stereocenters. The van der Waals surface area contributed by atoms with Crippen LogP contribution >= 0.6 is 0 Å². The number of nitrogens with zero attached hydrogens (tertiary/aromatic N) is 3. The Morgan fingerprint density at radius 3 is 2.89 bits per heavy atom. The van der Waals surface area contributed by atoms with E-state index in [-0.39, 0.29) is 17.4 Å². The van der Waals surface area contributed by atoms with Crippen LogP contribution in [0.15, 0.2) is 30.7 Å². The molecular weight excluding hydrogens is 246 g/mol. The van der Waals surface area contributed by atoms with Gasteiger partial charge in [0.25, 0.3) is 5.91 Å². The number of nitrogens with one attached hydrogen (secondary N) is 1. The highest BCUT2D eigenvalue weighted by atomic mass is 16.5. The standard InChI is InChI=1S/C12H13N5O2/c1-19-11-4-8(2-3-14-11)5-17-12(18)9-6-16-10(13)7-15-9/h2-4,6-7H,5H2,1H3,(H2,13,16)(H,17,18). The van der Waals surface area contributed by atoms with E-state index in [0.29, 0.717) is 12.4 Å². The van der Waals surface area contributed by atoms with E-state index in [0.717, 1.165) is 5.56 Å². The molecule has 0 spiro atoms. The molecule has 0 aliphatic carbocycles. The molecular formula is C12H13N5O2. The minimum atomic E-state index is -0.316. The summed E-state index contributed by atoms with van der Waals surface area (Å²) >= 11 is 0. The fraction of sp³-hybridized carbons (Fsp3) is 0.167. The molecule has 3 N–H and O–H groups in total. The van der Waals surface area contributed by atoms with Crippen LogP contribution in [0.4, 0.5) is 5.82 Å². The number of pyridine rings is 1. The first kappa shape index (κ1) is 12.7. The second-order valence-electron chi connectivity index (χ2n) is 3.72. The van der Waals surface area contributed by atoms with Crippen LogP contribution < -0.4 is 15.8 Å². The van der Waals surface area contributed by atoms with Gasteiger partial charge in [-0.3, -0.25) is 4.79 Å². The van der Waals surface area contributed by atoms with Crippen molar-refractivity contribution in [3.05, 3.63) is 42.0 Å². The number of nitrogens with two attached hydrogens (primary N) is 1. The van der Waals surface area contributed by atoms with Crippen molar-refractivity contribution in [3.8, 4) is 5.88 Å². The molecule has 0 radical (unpaired) electrons. The van der Waals surface area contributed by atoms with Gasteiger partial charge in [-0.1, -0.05) is 0 Å². The van der Waals surface area contributed by atoms with E-state index in [9.17, 15) is 4.79 Å². The van der Waals surface area contributed by atoms with E-state index < -0.39 is 0 Å². The summed E-state index contributed by atoms with van der Waals surface area (Å²) in [7, 11) is 1.54. The van der Waals surface area contributed by atoms with E-state index in [4.69, 9.17) is 10.5 Å². The molecule has 0 aromatic carbocycles. The summed E-state index contributed by atoms with van der Waals surface area (Å²) in [5.74, 6) is 0.456. The summed E-state index contributed by atoms with van der Waals surface area (Å²) in [5, 5.41) is 2.72. The van der Waals surface area contributed by atoms with Crippen LogP contribution in [0.1, 0.15) is 16.1 Å². The van der Waals surface area contributed by atoms with Crippen LogP contribution in [0.25, 0.3) is 0 Å². The van der Waals surface area contributed by atoms with Crippen molar-refractivity contribution in [3.63, 3.8) is 0 Å². The van der Waals surface area contributed by atoms with E-state index >= 15 is 0 Å². The van der Waals surface area contributed by atoms with Gasteiger partial charge in [0.05, 0.1) is 19.5 Å². The van der Waals surface area contributed by atoms with Crippen molar-refractivity contribution in [1.82, 2.24) is 20.3 Å². The number of methoxy groups -OCH3 is 1. The molecule has 2 aromatic rings. The van der Waals surface area contributed by atoms with Crippen LogP contribution in [-0.2, 0) is 6.54 Å². The predicted octanol–water partition coefficient (Wildman–Crippen LogP) is 0.392. The van der Waals surface area contributed by atoms with E-state index in [1.165, 1.54) is 19.5 Å². The number of hydrogen-bond donors (Lipinski definition) is 2. The van der Waals surface area contributed by atoms with Crippen molar-refractivity contribution in [2.24, 2.45) is 0 Å². The molecule has 7 nitrogen and oxygen atoms in total. The van der Waals surface area contributed by atoms with E-state index in [1.54, 1.807) is 18.3 Å². The molecule has 98 valence electrons. The molecule has 7 heteroatoms. The van der Waals surface area contributed by atoms with Crippen molar-refractivity contribution < 1.29 is 9.53 Å². The molecule has 0 aliphatic rings. The Morgan fingerprint density at radius 2 is 2.21 bits per heavy atom. The molecule has 2 rings (SSSR count). The van der Waals surface area contributed by atoms with Gasteiger partial charge in [0, 0.05) is 18.8 Å². The van der Waals surface area contributed by atoms with Crippen LogP contribution in [0.3, 0.4) is 0 Å². The van der Waals surface area contributed by atoms with Gasteiger partial charge in [-0.25, -0.2) is 15.0 Å². The summed E-state index contributed by atoms with van der Waals surface area (Å²) in [6.45, 7) is 0.351. The Bertz CT molecular complexity index is 571. The second-order valence-corrected chi connectivity index (χ2v) is 3.72. The lowest BCUT2D eigenvalue weighted by Crippen LogP contribution is -2.24. The molecule has 0 saturated carbocycles. The zero-order valence-corrected chi connectivity index (χ0v) is 10.3. The maximum absolute atomic E-state index is 11.8. The van der Waals surface area contributed by atoms with Gasteiger partial charge in [-0.05, 0) is 11.6 Å². The lowest BCUT2D eigenvalue weighted by Gasteiger charge is -2.05. The van der Waals surface area contributed by atoms with Crippen LogP contribution in [0.5, 0.6) is 5.88 Å². The number of nitrogen functional groups attached to an aromatic ring is 1. The molecule has 0 bridgehead atoms. The molecule has 0 aliphatic heterocycles. The smallest absolute Gasteiger partial charge is 0.271 e. The zero-order chi connectivity index (χ0) is 13.7. The summed E-state index contributed by atoms with van der Waals surface area (Å²) in [6, 6.07) is 3.53. The third kappa shape index (κ3) is 3.38. The summed E-state index contributed by atoms with van der Waals surface area (Å²) in [4.78, 5) is 23.5. The zero-order valence-electron chi connectivity index (χ0n) is 10.3. The maximum Gasteiger partial charge on any atom is 0.271 e. The molecule has 0 saturated heterocycles. The van der Waals surface area contributed by atoms with E-state index in [1.807, 2.05) is 0 Å². The molecule has 1 amide bonds. The number of hydrogen-bond acceptors (Lipinski definition) is 6. The quantitative estimate of drug-likeness (QED) is 0.823. The topological polar surface area (TPSA) is 103 Å². The average Bonchev–Trinajstić information content (AvgIpc) is 2.46. The first-order chi connectivity index (χ1) is 9.19. The fourth-order valence-corrected chi connectivity index (χ4v) is 1.40. The Hall–Kier alpha value is -2.70. The first-order valence-electron chi connectivity index (χ1n) is 5.53. The normalized spacial score (nSPS) is 9.95. The SMILES string of the molecule is COc1cc(CNC(=O)c2cnc(N)cn2)ccn1. The van der Waals surface area contributed by atoms with Crippen molar-refractivity contribution in [1.29, 1.82) is 0 Å². The van der Waals surface area contributed by atoms with Crippen LogP contribution in [-0.4, -0.2) is 28.0 Å². The summed E-state index contributed by atoms with van der Waals surface area (Å²) in [6.07, 6.45) is 4.28. The minimum absolute atomic E-state index is 0.218. The van der Waals surface area contributed by atoms with Gasteiger partial charge in [0.1, 0.15) is 11.5 Å². The maximum atomic E-state index is 11.8. The number of carbonyl (C=O) groups is 1. The Balaban J connectivity index is 1.98. The number of carbonyl (C=O) groups excluding carboxylic acids is 1. The molecule has 0 fully saturated rings. The van der Waals surface area contributed by atoms with Gasteiger partial charge < -0.3 is 15.8 Å². The third-order valence-electron chi connectivity index (χ3n) is 2.37. The summed E-state index contributed by atoms with van der Waals surface area (Å²) in [5.41, 5.74) is 6.49. The molecule has 2 heterocycles. The number of ether oxygens (including phenoxy) is 1. The number of aromatic nitrogens is 3. The second kappa shape index (κ2) is 5.76. The van der Waals surface area contributed by atoms with Gasteiger partial charge in [-0.15, -0.1) is 0 Å². The minimum Gasteiger partial charge on any atom is -0.481 e. The van der Waals surface area contributed by atoms with Crippen molar-refractivity contribution >= 4 is 11.7 Å².